The molecule has 0 atom stereocenters. The highest BCUT2D eigenvalue weighted by atomic mass is 16.3. The van der Waals surface area contributed by atoms with Crippen molar-refractivity contribution in [3.63, 3.8) is 0 Å². The van der Waals surface area contributed by atoms with Crippen LogP contribution in [0.4, 0.5) is 11.4 Å². The molecule has 6 rings (SSSR count). The normalized spacial score (nSPS) is 14.8. The average Bonchev–Trinajstić information content (AvgIpc) is 3.59. The number of anilines is 2. The Bertz CT molecular complexity index is 1630. The molecule has 1 aliphatic rings. The molecule has 38 heavy (non-hydrogen) atoms. The van der Waals surface area contributed by atoms with E-state index in [-0.39, 0.29) is 0 Å². The fourth-order valence-electron chi connectivity index (χ4n) is 5.44. The molecular formula is C31H32N6O. The molecule has 0 radical (unpaired) electrons. The summed E-state index contributed by atoms with van der Waals surface area (Å²) < 4.78 is 6.27. The van der Waals surface area contributed by atoms with Crippen molar-refractivity contribution in [1.29, 1.82) is 5.26 Å². The van der Waals surface area contributed by atoms with Gasteiger partial charge in [-0.2, -0.15) is 5.26 Å². The molecule has 0 spiro atoms. The van der Waals surface area contributed by atoms with Gasteiger partial charge in [-0.25, -0.2) is 0 Å². The van der Waals surface area contributed by atoms with Crippen LogP contribution in [0.2, 0.25) is 0 Å². The van der Waals surface area contributed by atoms with Crippen LogP contribution in [-0.4, -0.2) is 41.5 Å². The molecular weight excluding hydrogens is 472 g/mol. The van der Waals surface area contributed by atoms with E-state index < -0.39 is 0 Å². The number of likely N-dealkylation sites (tertiary alicyclic amines) is 1. The standard InChI is InChI=1S/C31H32N6O/c1-20-25-7-10-35-28(25)5-4-27(20)36-31-24(15-32)18-34-19-26(31)30-14-23-13-22(3-6-29(23)38-30)17-33-16-21-8-11-37(2)12-9-21/h3-7,10,13-14,18-19,21,33,35H,8-9,11-12,16-17H2,1-2H3,(H,34,36). The molecule has 3 aromatic heterocycles. The van der Waals surface area contributed by atoms with Crippen molar-refractivity contribution in [3.05, 3.63) is 77.7 Å². The number of hydrogen-bond acceptors (Lipinski definition) is 6. The van der Waals surface area contributed by atoms with Crippen molar-refractivity contribution >= 4 is 33.2 Å². The first-order chi connectivity index (χ1) is 18.6. The predicted octanol–water partition coefficient (Wildman–Crippen LogP) is 6.33. The van der Waals surface area contributed by atoms with Gasteiger partial charge in [-0.15, -0.1) is 0 Å². The van der Waals surface area contributed by atoms with Crippen LogP contribution in [0.15, 0.2) is 65.5 Å². The first kappa shape index (κ1) is 24.2. The summed E-state index contributed by atoms with van der Waals surface area (Å²) >= 11 is 0. The molecule has 5 aromatic rings. The van der Waals surface area contributed by atoms with Crippen molar-refractivity contribution in [2.24, 2.45) is 5.92 Å². The fourth-order valence-corrected chi connectivity index (χ4v) is 5.44. The summed E-state index contributed by atoms with van der Waals surface area (Å²) in [5, 5.41) is 19.2. The Kier molecular flexibility index (Phi) is 6.59. The second-order valence-corrected chi connectivity index (χ2v) is 10.4. The summed E-state index contributed by atoms with van der Waals surface area (Å²) in [5.74, 6) is 1.44. The lowest BCUT2D eigenvalue weighted by Gasteiger charge is -2.29. The summed E-state index contributed by atoms with van der Waals surface area (Å²) in [6.07, 6.45) is 7.81. The monoisotopic (exact) mass is 504 g/mol. The van der Waals surface area contributed by atoms with Gasteiger partial charge < -0.3 is 24.9 Å². The van der Waals surface area contributed by atoms with E-state index in [0.29, 0.717) is 17.0 Å². The number of nitriles is 1. The molecule has 0 bridgehead atoms. The Morgan fingerprint density at radius 3 is 2.84 bits per heavy atom. The second kappa shape index (κ2) is 10.3. The number of pyridine rings is 1. The van der Waals surface area contributed by atoms with E-state index in [1.165, 1.54) is 31.5 Å². The van der Waals surface area contributed by atoms with Crippen molar-refractivity contribution in [1.82, 2.24) is 20.2 Å². The van der Waals surface area contributed by atoms with Crippen LogP contribution < -0.4 is 10.6 Å². The third kappa shape index (κ3) is 4.76. The Hall–Kier alpha value is -4.12. The zero-order valence-corrected chi connectivity index (χ0v) is 21.8. The van der Waals surface area contributed by atoms with Gasteiger partial charge >= 0.3 is 0 Å². The summed E-state index contributed by atoms with van der Waals surface area (Å²) in [6, 6.07) is 16.8. The Morgan fingerprint density at radius 2 is 2.00 bits per heavy atom. The lowest BCUT2D eigenvalue weighted by atomic mass is 9.97. The number of H-pyrrole nitrogens is 1. The van der Waals surface area contributed by atoms with Crippen molar-refractivity contribution < 1.29 is 4.42 Å². The SMILES string of the molecule is Cc1c(Nc2c(C#N)cncc2-c2cc3cc(CNCC4CCN(C)CC4)ccc3o2)ccc2[nH]ccc12. The molecule has 1 saturated heterocycles. The van der Waals surface area contributed by atoms with Gasteiger partial charge in [0.2, 0.25) is 0 Å². The van der Waals surface area contributed by atoms with Gasteiger partial charge in [-0.05, 0) is 99.9 Å². The number of benzene rings is 2. The maximum atomic E-state index is 9.87. The lowest BCUT2D eigenvalue weighted by molar-refractivity contribution is 0.216. The van der Waals surface area contributed by atoms with Crippen LogP contribution in [-0.2, 0) is 6.54 Å². The minimum Gasteiger partial charge on any atom is -0.456 e. The van der Waals surface area contributed by atoms with Gasteiger partial charge in [-0.1, -0.05) is 6.07 Å². The lowest BCUT2D eigenvalue weighted by Crippen LogP contribution is -2.34. The van der Waals surface area contributed by atoms with Gasteiger partial charge in [-0.3, -0.25) is 4.98 Å². The summed E-state index contributed by atoms with van der Waals surface area (Å²) in [5.41, 5.74) is 7.10. The van der Waals surface area contributed by atoms with E-state index in [9.17, 15) is 5.26 Å². The van der Waals surface area contributed by atoms with Crippen LogP contribution in [0.1, 0.15) is 29.5 Å². The molecule has 7 heteroatoms. The maximum absolute atomic E-state index is 9.87. The fraction of sp³-hybridized carbons (Fsp3) is 0.290. The number of aromatic nitrogens is 2. The zero-order chi connectivity index (χ0) is 26.1. The number of fused-ring (bicyclic) bond motifs is 2. The second-order valence-electron chi connectivity index (χ2n) is 10.4. The number of aryl methyl sites for hydroxylation is 1. The van der Waals surface area contributed by atoms with E-state index in [4.69, 9.17) is 4.42 Å². The third-order valence-corrected chi connectivity index (χ3v) is 7.78. The first-order valence-corrected chi connectivity index (χ1v) is 13.2. The minimum absolute atomic E-state index is 0.468. The quantitative estimate of drug-likeness (QED) is 0.240. The summed E-state index contributed by atoms with van der Waals surface area (Å²) in [4.78, 5) is 9.99. The molecule has 7 nitrogen and oxygen atoms in total. The number of nitrogens with one attached hydrogen (secondary N) is 3. The third-order valence-electron chi connectivity index (χ3n) is 7.78. The van der Waals surface area contributed by atoms with Crippen LogP contribution in [0.25, 0.3) is 33.2 Å². The molecule has 0 aliphatic carbocycles. The average molecular weight is 505 g/mol. The van der Waals surface area contributed by atoms with Gasteiger partial charge in [0.15, 0.2) is 0 Å². The smallest absolute Gasteiger partial charge is 0.139 e. The largest absolute Gasteiger partial charge is 0.456 e. The maximum Gasteiger partial charge on any atom is 0.139 e. The van der Waals surface area contributed by atoms with Gasteiger partial charge in [0.25, 0.3) is 0 Å². The Labute approximate surface area is 222 Å². The molecule has 0 unspecified atom stereocenters. The molecule has 0 amide bonds. The molecule has 0 saturated carbocycles. The molecule has 2 aromatic carbocycles. The predicted molar refractivity (Wildman–Crippen MR) is 152 cm³/mol. The number of rotatable bonds is 7. The molecule has 4 heterocycles. The highest BCUT2D eigenvalue weighted by molar-refractivity contribution is 5.92. The van der Waals surface area contributed by atoms with Gasteiger partial charge in [0.05, 0.1) is 16.8 Å². The van der Waals surface area contributed by atoms with E-state index in [0.717, 1.165) is 57.7 Å². The Morgan fingerprint density at radius 1 is 1.13 bits per heavy atom. The summed E-state index contributed by atoms with van der Waals surface area (Å²) in [6.45, 7) is 6.35. The highest BCUT2D eigenvalue weighted by Gasteiger charge is 2.18. The number of hydrogen-bond donors (Lipinski definition) is 3. The molecule has 1 fully saturated rings. The number of furan rings is 1. The van der Waals surface area contributed by atoms with E-state index in [2.05, 4.69) is 63.7 Å². The minimum atomic E-state index is 0.468. The van der Waals surface area contributed by atoms with Gasteiger partial charge in [0.1, 0.15) is 17.4 Å². The number of nitrogens with zero attached hydrogens (tertiary/aromatic N) is 3. The number of piperidine rings is 1. The molecule has 3 N–H and O–H groups in total. The highest BCUT2D eigenvalue weighted by Crippen LogP contribution is 2.37. The molecule has 192 valence electrons. The van der Waals surface area contributed by atoms with E-state index in [1.807, 2.05) is 30.5 Å². The van der Waals surface area contributed by atoms with Crippen LogP contribution in [0.5, 0.6) is 0 Å². The summed E-state index contributed by atoms with van der Waals surface area (Å²) in [7, 11) is 2.20. The van der Waals surface area contributed by atoms with Crippen LogP contribution >= 0.6 is 0 Å². The van der Waals surface area contributed by atoms with Crippen LogP contribution in [0.3, 0.4) is 0 Å². The molecule has 1 aliphatic heterocycles. The van der Waals surface area contributed by atoms with Crippen LogP contribution in [0, 0.1) is 24.2 Å². The van der Waals surface area contributed by atoms with E-state index in [1.54, 1.807) is 12.4 Å². The van der Waals surface area contributed by atoms with Crippen molar-refractivity contribution in [3.8, 4) is 17.4 Å². The topological polar surface area (TPSA) is 92.9 Å². The van der Waals surface area contributed by atoms with Crippen molar-refractivity contribution in [2.75, 3.05) is 32.0 Å². The number of aromatic amines is 1. The Balaban J connectivity index is 1.25. The zero-order valence-electron chi connectivity index (χ0n) is 21.8. The van der Waals surface area contributed by atoms with Crippen molar-refractivity contribution in [2.45, 2.75) is 26.3 Å². The first-order valence-electron chi connectivity index (χ1n) is 13.2. The van der Waals surface area contributed by atoms with Gasteiger partial charge in [0, 0.05) is 47.1 Å². The van der Waals surface area contributed by atoms with E-state index >= 15 is 0 Å².